The van der Waals surface area contributed by atoms with E-state index in [1.54, 1.807) is 6.07 Å². The number of nitrogens with two attached hydrogens (primary N) is 1. The lowest BCUT2D eigenvalue weighted by molar-refractivity contribution is 0.387. The first kappa shape index (κ1) is 14.8. The van der Waals surface area contributed by atoms with Crippen molar-refractivity contribution in [2.75, 3.05) is 0 Å². The van der Waals surface area contributed by atoms with Crippen LogP contribution in [0.4, 0.5) is 0 Å². The van der Waals surface area contributed by atoms with Crippen LogP contribution in [0.15, 0.2) is 52.0 Å². The van der Waals surface area contributed by atoms with Crippen LogP contribution in [0, 0.1) is 0 Å². The Morgan fingerprint density at radius 1 is 1.20 bits per heavy atom. The maximum absolute atomic E-state index is 11.1. The Morgan fingerprint density at radius 3 is 2.45 bits per heavy atom. The van der Waals surface area contributed by atoms with Crippen LogP contribution in [0.2, 0.25) is 0 Å². The maximum Gasteiger partial charge on any atom is 0.271 e. The maximum atomic E-state index is 11.1. The Balaban J connectivity index is 2.02. The third-order valence-corrected chi connectivity index (χ3v) is 3.83. The minimum atomic E-state index is -3.77. The highest BCUT2D eigenvalue weighted by Gasteiger charge is 2.14. The van der Waals surface area contributed by atoms with Gasteiger partial charge in [-0.15, -0.1) is 0 Å². The number of benzene rings is 1. The molecule has 5 nitrogen and oxygen atoms in total. The normalized spacial score (nSPS) is 13.3. The molecule has 0 radical (unpaired) electrons. The van der Waals surface area contributed by atoms with Gasteiger partial charge in [0, 0.05) is 6.04 Å². The molecule has 6 heteroatoms. The largest absolute Gasteiger partial charge is 0.447 e. The Morgan fingerprint density at radius 2 is 1.90 bits per heavy atom. The monoisotopic (exact) mass is 294 g/mol. The molecule has 0 aliphatic heterocycles. The molecule has 20 heavy (non-hydrogen) atoms. The topological polar surface area (TPSA) is 85.3 Å². The lowest BCUT2D eigenvalue weighted by atomic mass is 10.0. The van der Waals surface area contributed by atoms with Gasteiger partial charge in [0.05, 0.1) is 6.54 Å². The summed E-state index contributed by atoms with van der Waals surface area (Å²) >= 11 is 0. The van der Waals surface area contributed by atoms with Crippen LogP contribution < -0.4 is 10.5 Å². The number of hydrogen-bond donors (Lipinski definition) is 2. The number of primary sulfonamides is 1. The number of hydrogen-bond acceptors (Lipinski definition) is 4. The summed E-state index contributed by atoms with van der Waals surface area (Å²) < 4.78 is 27.5. The lowest BCUT2D eigenvalue weighted by Crippen LogP contribution is -2.20. The number of furan rings is 1. The first-order chi connectivity index (χ1) is 9.50. The fourth-order valence-electron chi connectivity index (χ4n) is 2.01. The second kappa shape index (κ2) is 6.21. The molecular formula is C14H18N2O3S. The van der Waals surface area contributed by atoms with E-state index in [9.17, 15) is 8.42 Å². The van der Waals surface area contributed by atoms with Gasteiger partial charge >= 0.3 is 0 Å². The van der Waals surface area contributed by atoms with Crippen LogP contribution in [0.25, 0.3) is 0 Å². The van der Waals surface area contributed by atoms with Crippen molar-refractivity contribution in [3.05, 3.63) is 53.8 Å². The molecule has 108 valence electrons. The molecule has 0 saturated heterocycles. The number of nitrogens with one attached hydrogen (secondary N) is 1. The predicted molar refractivity (Wildman–Crippen MR) is 76.4 cm³/mol. The van der Waals surface area contributed by atoms with Gasteiger partial charge in [0.25, 0.3) is 10.0 Å². The van der Waals surface area contributed by atoms with Crippen molar-refractivity contribution in [1.82, 2.24) is 5.32 Å². The molecule has 0 saturated carbocycles. The third-order valence-electron chi connectivity index (χ3n) is 3.05. The molecule has 0 amide bonds. The quantitative estimate of drug-likeness (QED) is 0.855. The smallest absolute Gasteiger partial charge is 0.271 e. The Hall–Kier alpha value is -1.63. The van der Waals surface area contributed by atoms with E-state index in [2.05, 4.69) is 24.4 Å². The van der Waals surface area contributed by atoms with Crippen molar-refractivity contribution < 1.29 is 12.8 Å². The molecule has 1 aromatic carbocycles. The van der Waals surface area contributed by atoms with Crippen molar-refractivity contribution in [3.63, 3.8) is 0 Å². The molecule has 2 rings (SSSR count). The standard InChI is InChI=1S/C14H18N2O3S/c1-2-13(11-6-4-3-5-7-11)16-10-12-8-9-14(19-12)20(15,17)18/h3-9,13,16H,2,10H2,1H3,(H2,15,17,18). The summed E-state index contributed by atoms with van der Waals surface area (Å²) in [5.41, 5.74) is 1.19. The summed E-state index contributed by atoms with van der Waals surface area (Å²) in [6.45, 7) is 2.53. The van der Waals surface area contributed by atoms with Crippen molar-refractivity contribution in [1.29, 1.82) is 0 Å². The lowest BCUT2D eigenvalue weighted by Gasteiger charge is -2.16. The Bertz CT molecular complexity index is 650. The first-order valence-corrected chi connectivity index (χ1v) is 7.95. The molecule has 0 bridgehead atoms. The summed E-state index contributed by atoms with van der Waals surface area (Å²) in [5.74, 6) is 0.545. The van der Waals surface area contributed by atoms with Gasteiger partial charge in [-0.05, 0) is 24.1 Å². The van der Waals surface area contributed by atoms with E-state index >= 15 is 0 Å². The summed E-state index contributed by atoms with van der Waals surface area (Å²) in [4.78, 5) is 0. The van der Waals surface area contributed by atoms with E-state index in [1.165, 1.54) is 11.6 Å². The predicted octanol–water partition coefficient (Wildman–Crippen LogP) is 2.17. The molecule has 0 aliphatic carbocycles. The molecule has 1 unspecified atom stereocenters. The van der Waals surface area contributed by atoms with Gasteiger partial charge in [0.15, 0.2) is 0 Å². The van der Waals surface area contributed by atoms with Crippen molar-refractivity contribution >= 4 is 10.0 Å². The van der Waals surface area contributed by atoms with Crippen molar-refractivity contribution in [2.45, 2.75) is 31.0 Å². The molecule has 0 aliphatic rings. The van der Waals surface area contributed by atoms with Crippen LogP contribution in [-0.4, -0.2) is 8.42 Å². The van der Waals surface area contributed by atoms with Crippen LogP contribution in [0.5, 0.6) is 0 Å². The second-order valence-corrected chi connectivity index (χ2v) is 6.01. The van der Waals surface area contributed by atoms with Crippen molar-refractivity contribution in [2.24, 2.45) is 5.14 Å². The molecule has 1 aromatic heterocycles. The molecule has 1 heterocycles. The van der Waals surface area contributed by atoms with E-state index in [-0.39, 0.29) is 11.1 Å². The third kappa shape index (κ3) is 3.69. The van der Waals surface area contributed by atoms with Gasteiger partial charge < -0.3 is 9.73 Å². The number of sulfonamides is 1. The van der Waals surface area contributed by atoms with Crippen LogP contribution in [-0.2, 0) is 16.6 Å². The van der Waals surface area contributed by atoms with Gasteiger partial charge in [0.1, 0.15) is 5.76 Å². The fourth-order valence-corrected chi connectivity index (χ4v) is 2.49. The van der Waals surface area contributed by atoms with Gasteiger partial charge in [0.2, 0.25) is 5.09 Å². The van der Waals surface area contributed by atoms with E-state index in [0.717, 1.165) is 6.42 Å². The Labute approximate surface area is 118 Å². The zero-order valence-corrected chi connectivity index (χ0v) is 12.1. The van der Waals surface area contributed by atoms with E-state index in [0.29, 0.717) is 12.3 Å². The Kier molecular flexibility index (Phi) is 4.59. The zero-order valence-electron chi connectivity index (χ0n) is 11.2. The second-order valence-electron chi connectivity index (χ2n) is 4.52. The minimum absolute atomic E-state index is 0.194. The van der Waals surface area contributed by atoms with E-state index in [1.807, 2.05) is 18.2 Å². The first-order valence-electron chi connectivity index (χ1n) is 6.40. The molecule has 3 N–H and O–H groups in total. The molecular weight excluding hydrogens is 276 g/mol. The fraction of sp³-hybridized carbons (Fsp3) is 0.286. The van der Waals surface area contributed by atoms with Gasteiger partial charge in [-0.1, -0.05) is 37.3 Å². The average Bonchev–Trinajstić information content (AvgIpc) is 2.89. The molecule has 1 atom stereocenters. The van der Waals surface area contributed by atoms with Gasteiger partial charge in [-0.2, -0.15) is 0 Å². The highest BCUT2D eigenvalue weighted by molar-refractivity contribution is 7.89. The van der Waals surface area contributed by atoms with Crippen LogP contribution >= 0.6 is 0 Å². The van der Waals surface area contributed by atoms with Crippen LogP contribution in [0.3, 0.4) is 0 Å². The van der Waals surface area contributed by atoms with Crippen LogP contribution in [0.1, 0.15) is 30.7 Å². The molecule has 2 aromatic rings. The van der Waals surface area contributed by atoms with E-state index in [4.69, 9.17) is 9.56 Å². The van der Waals surface area contributed by atoms with Gasteiger partial charge in [-0.25, -0.2) is 13.6 Å². The minimum Gasteiger partial charge on any atom is -0.447 e. The molecule has 0 fully saturated rings. The SMILES string of the molecule is CCC(NCc1ccc(S(N)(=O)=O)o1)c1ccccc1. The summed E-state index contributed by atoms with van der Waals surface area (Å²) in [6.07, 6.45) is 0.923. The summed E-state index contributed by atoms with van der Waals surface area (Å²) in [6, 6.07) is 13.2. The zero-order chi connectivity index (χ0) is 14.6. The number of rotatable bonds is 6. The summed E-state index contributed by atoms with van der Waals surface area (Å²) in [7, 11) is -3.77. The van der Waals surface area contributed by atoms with Gasteiger partial charge in [-0.3, -0.25) is 0 Å². The van der Waals surface area contributed by atoms with E-state index < -0.39 is 10.0 Å². The average molecular weight is 294 g/mol. The highest BCUT2D eigenvalue weighted by Crippen LogP contribution is 2.18. The molecule has 0 spiro atoms. The summed E-state index contributed by atoms with van der Waals surface area (Å²) in [5, 5.41) is 8.13. The van der Waals surface area contributed by atoms with Crippen molar-refractivity contribution in [3.8, 4) is 0 Å². The highest BCUT2D eigenvalue weighted by atomic mass is 32.2.